The third-order valence-electron chi connectivity index (χ3n) is 4.83. The molecule has 1 fully saturated rings. The van der Waals surface area contributed by atoms with Gasteiger partial charge in [0.2, 0.25) is 15.9 Å². The van der Waals surface area contributed by atoms with Crippen LogP contribution >= 0.6 is 12.4 Å². The molecule has 0 aliphatic carbocycles. The molecular formula is C18H30ClN3O5S. The van der Waals surface area contributed by atoms with Gasteiger partial charge in [0.1, 0.15) is 0 Å². The van der Waals surface area contributed by atoms with E-state index in [0.717, 1.165) is 25.9 Å². The van der Waals surface area contributed by atoms with Gasteiger partial charge >= 0.3 is 0 Å². The second kappa shape index (κ2) is 10.8. The molecule has 0 bridgehead atoms. The van der Waals surface area contributed by atoms with Gasteiger partial charge in [-0.15, -0.1) is 12.4 Å². The largest absolute Gasteiger partial charge is 0.493 e. The molecule has 0 unspecified atom stereocenters. The average molecular weight is 436 g/mol. The first-order valence-corrected chi connectivity index (χ1v) is 10.5. The summed E-state index contributed by atoms with van der Waals surface area (Å²) >= 11 is 0. The number of halogens is 1. The summed E-state index contributed by atoms with van der Waals surface area (Å²) in [6, 6.07) is 4.35. The summed E-state index contributed by atoms with van der Waals surface area (Å²) in [5, 5.41) is 6.22. The molecule has 0 aromatic heterocycles. The highest BCUT2D eigenvalue weighted by molar-refractivity contribution is 7.89. The molecule has 0 radical (unpaired) electrons. The van der Waals surface area contributed by atoms with Crippen molar-refractivity contribution >= 4 is 28.3 Å². The first kappa shape index (κ1) is 24.5. The standard InChI is InChI=1S/C18H29N3O5S.ClH/c1-18(7-10-19-11-8-18)13-20-17(22)6-9-21-27(23,24)14-4-5-15(25-2)16(12-14)26-3;/h4-5,12,19,21H,6-11,13H2,1-3H3,(H,20,22);1H. The lowest BCUT2D eigenvalue weighted by Crippen LogP contribution is -2.43. The third kappa shape index (κ3) is 6.80. The lowest BCUT2D eigenvalue weighted by molar-refractivity contribution is -0.121. The van der Waals surface area contributed by atoms with Crippen molar-refractivity contribution < 1.29 is 22.7 Å². The Labute approximate surface area is 173 Å². The van der Waals surface area contributed by atoms with E-state index < -0.39 is 10.0 Å². The second-order valence-corrected chi connectivity index (χ2v) is 8.77. The fraction of sp³-hybridized carbons (Fsp3) is 0.611. The van der Waals surface area contributed by atoms with Crippen molar-refractivity contribution in [2.24, 2.45) is 5.41 Å². The molecule has 1 amide bonds. The SMILES string of the molecule is COc1ccc(S(=O)(=O)NCCC(=O)NCC2(C)CCNCC2)cc1OC.Cl. The molecule has 3 N–H and O–H groups in total. The molecular weight excluding hydrogens is 406 g/mol. The predicted molar refractivity (Wildman–Crippen MR) is 110 cm³/mol. The minimum atomic E-state index is -3.73. The average Bonchev–Trinajstić information content (AvgIpc) is 2.66. The van der Waals surface area contributed by atoms with E-state index in [0.29, 0.717) is 18.0 Å². The minimum absolute atomic E-state index is 0. The van der Waals surface area contributed by atoms with Crippen LogP contribution in [0.5, 0.6) is 11.5 Å². The summed E-state index contributed by atoms with van der Waals surface area (Å²) < 4.78 is 37.5. The Morgan fingerprint density at radius 2 is 1.82 bits per heavy atom. The lowest BCUT2D eigenvalue weighted by atomic mass is 9.81. The van der Waals surface area contributed by atoms with E-state index >= 15 is 0 Å². The molecule has 1 saturated heterocycles. The van der Waals surface area contributed by atoms with Gasteiger partial charge in [-0.25, -0.2) is 13.1 Å². The Morgan fingerprint density at radius 1 is 1.18 bits per heavy atom. The summed E-state index contributed by atoms with van der Waals surface area (Å²) in [7, 11) is -0.816. The number of carbonyl (C=O) groups is 1. The van der Waals surface area contributed by atoms with E-state index in [1.54, 1.807) is 0 Å². The Morgan fingerprint density at radius 3 is 2.43 bits per heavy atom. The fourth-order valence-electron chi connectivity index (χ4n) is 2.97. The number of sulfonamides is 1. The molecule has 1 aromatic rings. The zero-order chi connectivity index (χ0) is 19.9. The molecule has 1 aliphatic rings. The normalized spacial score (nSPS) is 16.0. The van der Waals surface area contributed by atoms with Gasteiger partial charge in [-0.3, -0.25) is 4.79 Å². The topological polar surface area (TPSA) is 106 Å². The highest BCUT2D eigenvalue weighted by atomic mass is 35.5. The van der Waals surface area contributed by atoms with Crippen LogP contribution in [-0.2, 0) is 14.8 Å². The van der Waals surface area contributed by atoms with Crippen LogP contribution in [0.3, 0.4) is 0 Å². The first-order valence-electron chi connectivity index (χ1n) is 8.99. The molecule has 0 saturated carbocycles. The molecule has 28 heavy (non-hydrogen) atoms. The number of amides is 1. The van der Waals surface area contributed by atoms with E-state index in [1.807, 2.05) is 0 Å². The summed E-state index contributed by atoms with van der Waals surface area (Å²) in [4.78, 5) is 12.1. The number of rotatable bonds is 9. The van der Waals surface area contributed by atoms with Gasteiger partial charge in [0.05, 0.1) is 19.1 Å². The first-order chi connectivity index (χ1) is 12.8. The maximum absolute atomic E-state index is 12.4. The number of carbonyl (C=O) groups excluding carboxylic acids is 1. The van der Waals surface area contributed by atoms with Crippen LogP contribution in [0.15, 0.2) is 23.1 Å². The van der Waals surface area contributed by atoms with Gasteiger partial charge < -0.3 is 20.1 Å². The van der Waals surface area contributed by atoms with Crippen LogP contribution < -0.4 is 24.8 Å². The highest BCUT2D eigenvalue weighted by Gasteiger charge is 2.27. The Hall–Kier alpha value is -1.55. The maximum Gasteiger partial charge on any atom is 0.240 e. The van der Waals surface area contributed by atoms with Crippen molar-refractivity contribution in [3.05, 3.63) is 18.2 Å². The van der Waals surface area contributed by atoms with E-state index in [-0.39, 0.29) is 41.6 Å². The molecule has 0 atom stereocenters. The zero-order valence-corrected chi connectivity index (χ0v) is 18.2. The molecule has 1 aliphatic heterocycles. The number of methoxy groups -OCH3 is 2. The van der Waals surface area contributed by atoms with Crippen LogP contribution in [0, 0.1) is 5.41 Å². The molecule has 1 aromatic carbocycles. The monoisotopic (exact) mass is 435 g/mol. The van der Waals surface area contributed by atoms with Crippen molar-refractivity contribution in [2.75, 3.05) is 40.4 Å². The number of nitrogens with one attached hydrogen (secondary N) is 3. The second-order valence-electron chi connectivity index (χ2n) is 7.00. The smallest absolute Gasteiger partial charge is 0.240 e. The van der Waals surface area contributed by atoms with Crippen molar-refractivity contribution in [3.8, 4) is 11.5 Å². The number of ether oxygens (including phenoxy) is 2. The van der Waals surface area contributed by atoms with Crippen LogP contribution in [0.1, 0.15) is 26.2 Å². The Bertz CT molecular complexity index is 752. The Balaban J connectivity index is 0.00000392. The van der Waals surface area contributed by atoms with E-state index in [1.165, 1.54) is 32.4 Å². The molecule has 0 spiro atoms. The van der Waals surface area contributed by atoms with Crippen molar-refractivity contribution in [1.29, 1.82) is 0 Å². The number of hydrogen-bond donors (Lipinski definition) is 3. The quantitative estimate of drug-likeness (QED) is 0.540. The van der Waals surface area contributed by atoms with E-state index in [9.17, 15) is 13.2 Å². The van der Waals surface area contributed by atoms with Crippen LogP contribution in [0.25, 0.3) is 0 Å². The number of piperidine rings is 1. The van der Waals surface area contributed by atoms with E-state index in [2.05, 4.69) is 22.3 Å². The molecule has 8 nitrogen and oxygen atoms in total. The van der Waals surface area contributed by atoms with Gasteiger partial charge in [0, 0.05) is 25.6 Å². The summed E-state index contributed by atoms with van der Waals surface area (Å²) in [5.41, 5.74) is 0.0973. The van der Waals surface area contributed by atoms with Crippen LogP contribution in [0.2, 0.25) is 0 Å². The van der Waals surface area contributed by atoms with Crippen molar-refractivity contribution in [2.45, 2.75) is 31.1 Å². The molecule has 160 valence electrons. The molecule has 1 heterocycles. The summed E-state index contributed by atoms with van der Waals surface area (Å²) in [5.74, 6) is 0.611. The number of hydrogen-bond acceptors (Lipinski definition) is 6. The van der Waals surface area contributed by atoms with Gasteiger partial charge in [-0.2, -0.15) is 0 Å². The number of benzene rings is 1. The van der Waals surface area contributed by atoms with Crippen molar-refractivity contribution in [3.63, 3.8) is 0 Å². The zero-order valence-electron chi connectivity index (χ0n) is 16.5. The maximum atomic E-state index is 12.4. The van der Waals surface area contributed by atoms with Gasteiger partial charge in [0.15, 0.2) is 11.5 Å². The molecule has 10 heteroatoms. The van der Waals surface area contributed by atoms with Crippen LogP contribution in [0.4, 0.5) is 0 Å². The third-order valence-corrected chi connectivity index (χ3v) is 6.29. The van der Waals surface area contributed by atoms with Gasteiger partial charge in [-0.1, -0.05) is 6.92 Å². The fourth-order valence-corrected chi connectivity index (χ4v) is 4.02. The lowest BCUT2D eigenvalue weighted by Gasteiger charge is -2.34. The van der Waals surface area contributed by atoms with Crippen LogP contribution in [-0.4, -0.2) is 54.7 Å². The summed E-state index contributed by atoms with van der Waals surface area (Å²) in [6.45, 7) is 4.71. The van der Waals surface area contributed by atoms with Crippen molar-refractivity contribution in [1.82, 2.24) is 15.4 Å². The van der Waals surface area contributed by atoms with Gasteiger partial charge in [0.25, 0.3) is 0 Å². The van der Waals surface area contributed by atoms with Gasteiger partial charge in [-0.05, 0) is 43.5 Å². The predicted octanol–water partition coefficient (Wildman–Crippen LogP) is 1.30. The minimum Gasteiger partial charge on any atom is -0.493 e. The highest BCUT2D eigenvalue weighted by Crippen LogP contribution is 2.29. The van der Waals surface area contributed by atoms with E-state index in [4.69, 9.17) is 9.47 Å². The molecule has 2 rings (SSSR count). The summed E-state index contributed by atoms with van der Waals surface area (Å²) in [6.07, 6.45) is 2.11. The Kier molecular flexibility index (Phi) is 9.49.